The van der Waals surface area contributed by atoms with Gasteiger partial charge in [0.25, 0.3) is 0 Å². The second-order valence-corrected chi connectivity index (χ2v) is 25.5. The smallest absolute Gasteiger partial charge is 0.126 e. The summed E-state index contributed by atoms with van der Waals surface area (Å²) in [6.45, 7) is 19.5. The monoisotopic (exact) mass is 881 g/mol. The fourth-order valence-corrected chi connectivity index (χ4v) is 12.7. The Balaban J connectivity index is 1.69. The van der Waals surface area contributed by atoms with Crippen molar-refractivity contribution in [3.63, 3.8) is 0 Å². The molecule has 1 amide bonds. The van der Waals surface area contributed by atoms with E-state index in [9.17, 15) is 30.0 Å². The van der Waals surface area contributed by atoms with Crippen LogP contribution in [0.5, 0.6) is 0 Å². The van der Waals surface area contributed by atoms with Gasteiger partial charge in [0.05, 0.1) is 29.8 Å². The molecule has 0 radical (unpaired) electrons. The van der Waals surface area contributed by atoms with Crippen molar-refractivity contribution in [2.24, 2.45) is 17.8 Å². The molecule has 0 aromatic heterocycles. The fraction of sp³-hybridized carbons (Fsp3) is 0.837. The molecule has 13 atom stereocenters. The van der Waals surface area contributed by atoms with Crippen molar-refractivity contribution in [3.8, 4) is 0 Å². The Morgan fingerprint density at radius 3 is 2.05 bits per heavy atom. The van der Waals surface area contributed by atoms with Crippen LogP contribution in [0.2, 0.25) is 0 Å². The number of likely N-dealkylation sites (N-methyl/N-ethyl adjacent to an activating group) is 1. The Labute approximate surface area is 371 Å². The van der Waals surface area contributed by atoms with Gasteiger partial charge in [0.2, 0.25) is 0 Å². The molecule has 12 heteroatoms. The molecule has 0 aliphatic carbocycles. The average molecular weight is 881 g/mol. The number of amides is 1. The molecule has 1 aromatic carbocycles. The van der Waals surface area contributed by atoms with Crippen LogP contribution in [0.3, 0.4) is 0 Å². The Morgan fingerprint density at radius 1 is 0.902 bits per heavy atom. The topological polar surface area (TPSA) is 149 Å². The number of esters is 1. The number of carbonyl (C=O) groups is 2. The summed E-state index contributed by atoms with van der Waals surface area (Å²) >= 11 is 0. The number of hydrogen-bond acceptors (Lipinski definition) is 10. The number of unbranched alkanes of at least 4 members (excludes halogenated alkanes) is 8. The normalized spacial score (nSPS) is 35.3. The van der Waals surface area contributed by atoms with E-state index in [1.807, 2.05) is 39.8 Å². The van der Waals surface area contributed by atoms with Crippen molar-refractivity contribution in [3.05, 3.63) is 30.3 Å². The van der Waals surface area contributed by atoms with Crippen LogP contribution in [0.4, 0.5) is 0 Å². The van der Waals surface area contributed by atoms with Gasteiger partial charge in [0.15, 0.2) is 6.29 Å². The molecule has 0 unspecified atom stereocenters. The van der Waals surface area contributed by atoms with Gasteiger partial charge >= 0.3 is 138 Å². The van der Waals surface area contributed by atoms with Gasteiger partial charge in [-0.05, 0) is 79.3 Å². The third kappa shape index (κ3) is 15.8. The molecule has 2 heterocycles. The van der Waals surface area contributed by atoms with Crippen molar-refractivity contribution < 1.29 is 44.2 Å². The Kier molecular flexibility index (Phi) is 21.6. The van der Waals surface area contributed by atoms with Crippen LogP contribution in [0.1, 0.15) is 145 Å². The molecule has 3 rings (SSSR count). The Morgan fingerprint density at radius 2 is 1.48 bits per heavy atom. The average Bonchev–Trinajstić information content (AvgIpc) is 3.19. The van der Waals surface area contributed by atoms with E-state index in [1.165, 1.54) is 45.2 Å². The molecule has 0 saturated carbocycles. The number of carbonyl (C=O) groups excluding carboxylic acids is 2. The summed E-state index contributed by atoms with van der Waals surface area (Å²) in [4.78, 5) is 31.4. The van der Waals surface area contributed by atoms with E-state index in [4.69, 9.17) is 14.2 Å². The zero-order valence-corrected chi connectivity index (χ0v) is 41.3. The van der Waals surface area contributed by atoms with Crippen molar-refractivity contribution in [1.82, 2.24) is 9.80 Å². The van der Waals surface area contributed by atoms with Gasteiger partial charge in [-0.2, -0.15) is 0 Å². The maximum absolute atomic E-state index is 14.2. The second-order valence-electron chi connectivity index (χ2n) is 20.6. The molecule has 61 heavy (non-hydrogen) atoms. The predicted molar refractivity (Wildman–Crippen MR) is 250 cm³/mol. The van der Waals surface area contributed by atoms with E-state index in [1.54, 1.807) is 37.9 Å². The quantitative estimate of drug-likeness (QED) is 0.0724. The number of aliphatic hydroxyl groups is 4. The molecule has 4 N–H and O–H groups in total. The zero-order valence-electron chi connectivity index (χ0n) is 40.3. The molecular weight excluding hydrogens is 792 g/mol. The minimum Gasteiger partial charge on any atom is -0.388 e. The number of benzene rings is 1. The first-order valence-electron chi connectivity index (χ1n) is 23.9. The first kappa shape index (κ1) is 53.6. The third-order valence-corrected chi connectivity index (χ3v) is 17.5. The van der Waals surface area contributed by atoms with E-state index in [0.29, 0.717) is 19.3 Å². The number of ether oxygens (including phenoxy) is 3. The van der Waals surface area contributed by atoms with E-state index in [-0.39, 0.29) is 49.3 Å². The SMILES string of the molecule is CC[C@H]1OC(=O)[C@H](C)C[C@H](C)[C@@H](O[C@@H]2O[C@H](C)C[C@H](N(C)C)[C@H]2O)[C@](C)(O)C[C@@H](C)CN(C(=O)CCCCCCCCCCC[PH](C)(C)c2ccccc2)[C@H](C)[C@@H](O)[C@]1(C)O. The van der Waals surface area contributed by atoms with Crippen molar-refractivity contribution in [2.75, 3.05) is 40.1 Å². The summed E-state index contributed by atoms with van der Waals surface area (Å²) in [5.74, 6) is -1.93. The van der Waals surface area contributed by atoms with Gasteiger partial charge in [-0.25, -0.2) is 0 Å². The van der Waals surface area contributed by atoms with E-state index < -0.39 is 67.1 Å². The number of rotatable bonds is 17. The minimum atomic E-state index is -1.84. The maximum atomic E-state index is 14.2. The maximum Gasteiger partial charge on any atom is 0.126 e. The largest absolute Gasteiger partial charge is 0.388 e. The van der Waals surface area contributed by atoms with Crippen LogP contribution in [0.25, 0.3) is 0 Å². The summed E-state index contributed by atoms with van der Waals surface area (Å²) in [7, 11) is 2.44. The van der Waals surface area contributed by atoms with E-state index in [2.05, 4.69) is 43.7 Å². The first-order chi connectivity index (χ1) is 28.5. The number of cyclic esters (lactones) is 1. The number of nitrogens with zero attached hydrogens (tertiary/aromatic N) is 2. The summed E-state index contributed by atoms with van der Waals surface area (Å²) in [5, 5.41) is 49.0. The zero-order chi connectivity index (χ0) is 45.7. The molecule has 11 nitrogen and oxygen atoms in total. The van der Waals surface area contributed by atoms with Crippen molar-refractivity contribution >= 4 is 24.4 Å². The van der Waals surface area contributed by atoms with Crippen LogP contribution in [-0.2, 0) is 23.8 Å². The predicted octanol–water partition coefficient (Wildman–Crippen LogP) is 7.14. The summed E-state index contributed by atoms with van der Waals surface area (Å²) in [6.07, 6.45) is 7.67. The Hall–Kier alpha value is -1.69. The van der Waals surface area contributed by atoms with Crippen LogP contribution < -0.4 is 5.30 Å². The van der Waals surface area contributed by atoms with Gasteiger partial charge in [-0.3, -0.25) is 9.59 Å². The van der Waals surface area contributed by atoms with Gasteiger partial charge in [-0.15, -0.1) is 0 Å². The Bertz CT molecular complexity index is 1440. The van der Waals surface area contributed by atoms with Crippen molar-refractivity contribution in [2.45, 2.75) is 205 Å². The van der Waals surface area contributed by atoms with Gasteiger partial charge in [0, 0.05) is 12.6 Å². The molecule has 2 saturated heterocycles. The molecule has 1 aromatic rings. The molecule has 2 fully saturated rings. The molecule has 2 aliphatic heterocycles. The summed E-state index contributed by atoms with van der Waals surface area (Å²) in [5.41, 5.74) is -3.31. The number of hydrogen-bond donors (Lipinski definition) is 4. The fourth-order valence-electron chi connectivity index (χ4n) is 10.2. The van der Waals surface area contributed by atoms with Crippen LogP contribution in [-0.4, -0.2) is 142 Å². The van der Waals surface area contributed by atoms with Gasteiger partial charge in [0.1, 0.15) is 23.9 Å². The second kappa shape index (κ2) is 24.6. The summed E-state index contributed by atoms with van der Waals surface area (Å²) < 4.78 is 18.7. The van der Waals surface area contributed by atoms with E-state index in [0.717, 1.165) is 25.7 Å². The van der Waals surface area contributed by atoms with Gasteiger partial charge < -0.3 is 44.4 Å². The van der Waals surface area contributed by atoms with Gasteiger partial charge in [-0.1, -0.05) is 27.7 Å². The van der Waals surface area contributed by atoms with E-state index >= 15 is 0 Å². The molecule has 0 spiro atoms. The molecule has 354 valence electrons. The molecule has 0 bridgehead atoms. The minimum absolute atomic E-state index is 0.123. The van der Waals surface area contributed by atoms with Crippen LogP contribution in [0.15, 0.2) is 30.3 Å². The standard InChI is InChI=1S/C49H89N2O9P/c1-13-41-49(8,57)44(54)38(6)51(42(52)28-24-19-17-15-14-16-18-20-25-29-61(11,12)39-26-22-21-23-27-39)33-34(2)32-48(7,56)45(35(3)30-36(4)46(55)59-41)60-47-43(53)40(50(9)10)31-37(5)58-47/h21-23,26-27,34-38,40-41,43-45,47,53-54,56-57,61H,13-20,24-25,28-33H2,1-12H3/t34-,35+,36-,37-,38-,40+,41-,43-,44-,45-,47+,48-,49-/m1/s1. The number of aliphatic hydroxyl groups excluding tert-OH is 2. The summed E-state index contributed by atoms with van der Waals surface area (Å²) in [6, 6.07) is 9.96. The molecule has 2 aliphatic rings. The van der Waals surface area contributed by atoms with Crippen LogP contribution >= 0.6 is 7.26 Å². The van der Waals surface area contributed by atoms with Crippen LogP contribution in [0, 0.1) is 17.8 Å². The third-order valence-electron chi connectivity index (χ3n) is 14.0. The molecular formula is C49H89N2O9P. The van der Waals surface area contributed by atoms with Crippen molar-refractivity contribution in [1.29, 1.82) is 0 Å². The first-order valence-corrected chi connectivity index (χ1v) is 27.1.